The number of benzene rings is 1. The van der Waals surface area contributed by atoms with Crippen molar-refractivity contribution in [3.63, 3.8) is 0 Å². The highest BCUT2D eigenvalue weighted by atomic mass is 32.1. The molecule has 0 aliphatic carbocycles. The van der Waals surface area contributed by atoms with Gasteiger partial charge in [0, 0.05) is 24.1 Å². The van der Waals surface area contributed by atoms with Crippen LogP contribution in [0.2, 0.25) is 0 Å². The van der Waals surface area contributed by atoms with Crippen molar-refractivity contribution in [2.24, 2.45) is 0 Å². The minimum absolute atomic E-state index is 0.0715. The number of nitrogens with zero attached hydrogens (tertiary/aromatic N) is 4. The summed E-state index contributed by atoms with van der Waals surface area (Å²) in [6, 6.07) is 9.30. The summed E-state index contributed by atoms with van der Waals surface area (Å²) >= 11 is 1.39. The Morgan fingerprint density at radius 3 is 2.82 bits per heavy atom. The van der Waals surface area contributed by atoms with Gasteiger partial charge in [0.15, 0.2) is 23.6 Å². The first kappa shape index (κ1) is 17.8. The predicted molar refractivity (Wildman–Crippen MR) is 103 cm³/mol. The number of oxazole rings is 1. The molecule has 0 atom stereocenters. The number of ketones is 1. The van der Waals surface area contributed by atoms with Crippen LogP contribution in [0.5, 0.6) is 0 Å². The van der Waals surface area contributed by atoms with E-state index in [9.17, 15) is 9.59 Å². The van der Waals surface area contributed by atoms with E-state index in [1.54, 1.807) is 22.5 Å². The van der Waals surface area contributed by atoms with Crippen LogP contribution in [-0.4, -0.2) is 31.4 Å². The molecule has 0 aliphatic heterocycles. The molecule has 0 bridgehead atoms. The molecule has 0 aliphatic rings. The number of carbonyl (C=O) groups excluding carboxylic acids is 2. The first-order valence-electron chi connectivity index (χ1n) is 8.38. The van der Waals surface area contributed by atoms with Gasteiger partial charge in [0.25, 0.3) is 5.91 Å². The number of hydrogen-bond donors (Lipinski definition) is 1. The van der Waals surface area contributed by atoms with E-state index in [-0.39, 0.29) is 17.4 Å². The van der Waals surface area contributed by atoms with E-state index in [4.69, 9.17) is 4.42 Å². The lowest BCUT2D eigenvalue weighted by molar-refractivity contribution is 0.100. The van der Waals surface area contributed by atoms with E-state index in [2.05, 4.69) is 20.4 Å². The van der Waals surface area contributed by atoms with Gasteiger partial charge >= 0.3 is 0 Å². The molecule has 0 spiro atoms. The van der Waals surface area contributed by atoms with Crippen LogP contribution < -0.4 is 5.32 Å². The molecule has 28 heavy (non-hydrogen) atoms. The number of rotatable bonds is 6. The van der Waals surface area contributed by atoms with Crippen LogP contribution in [0, 0.1) is 0 Å². The van der Waals surface area contributed by atoms with Gasteiger partial charge in [-0.3, -0.25) is 14.3 Å². The van der Waals surface area contributed by atoms with Crippen LogP contribution in [0.1, 0.15) is 32.9 Å². The molecular formula is C19H15N5O3S. The minimum atomic E-state index is -0.389. The van der Waals surface area contributed by atoms with E-state index in [1.165, 1.54) is 24.7 Å². The molecule has 1 N–H and O–H groups in total. The first-order valence-corrected chi connectivity index (χ1v) is 9.26. The van der Waals surface area contributed by atoms with Crippen LogP contribution in [0.25, 0.3) is 11.3 Å². The molecule has 0 radical (unpaired) electrons. The molecule has 0 saturated carbocycles. The van der Waals surface area contributed by atoms with Crippen molar-refractivity contribution < 1.29 is 14.0 Å². The molecule has 3 aromatic heterocycles. The highest BCUT2D eigenvalue weighted by molar-refractivity contribution is 7.09. The Labute approximate surface area is 163 Å². The smallest absolute Gasteiger partial charge is 0.278 e. The monoisotopic (exact) mass is 393 g/mol. The topological polar surface area (TPSA) is 103 Å². The van der Waals surface area contributed by atoms with Crippen molar-refractivity contribution in [2.45, 2.75) is 13.5 Å². The van der Waals surface area contributed by atoms with Crippen molar-refractivity contribution in [1.82, 2.24) is 19.7 Å². The van der Waals surface area contributed by atoms with Gasteiger partial charge in [-0.1, -0.05) is 30.3 Å². The second kappa shape index (κ2) is 7.57. The lowest BCUT2D eigenvalue weighted by atomic mass is 10.1. The number of carbonyl (C=O) groups is 2. The van der Waals surface area contributed by atoms with Crippen LogP contribution in [-0.2, 0) is 6.54 Å². The van der Waals surface area contributed by atoms with Gasteiger partial charge in [0.05, 0.1) is 18.4 Å². The van der Waals surface area contributed by atoms with E-state index >= 15 is 0 Å². The maximum Gasteiger partial charge on any atom is 0.278 e. The van der Waals surface area contributed by atoms with Crippen molar-refractivity contribution >= 4 is 28.7 Å². The van der Waals surface area contributed by atoms with Gasteiger partial charge in [-0.2, -0.15) is 5.10 Å². The SMILES string of the molecule is CC(=O)c1csc(Cn2cc(NC(=O)c3ncoc3-c3ccccc3)cn2)n1. The summed E-state index contributed by atoms with van der Waals surface area (Å²) < 4.78 is 7.03. The summed E-state index contributed by atoms with van der Waals surface area (Å²) in [4.78, 5) is 32.2. The number of amides is 1. The normalized spacial score (nSPS) is 10.8. The van der Waals surface area contributed by atoms with Gasteiger partial charge in [-0.25, -0.2) is 9.97 Å². The molecule has 140 valence electrons. The predicted octanol–water partition coefficient (Wildman–Crippen LogP) is 3.50. The number of thiazole rings is 1. The summed E-state index contributed by atoms with van der Waals surface area (Å²) in [5.41, 5.74) is 1.94. The first-order chi connectivity index (χ1) is 13.6. The Hall–Kier alpha value is -3.59. The summed E-state index contributed by atoms with van der Waals surface area (Å²) in [6.07, 6.45) is 4.48. The van der Waals surface area contributed by atoms with Crippen LogP contribution in [0.4, 0.5) is 5.69 Å². The molecule has 0 fully saturated rings. The molecule has 9 heteroatoms. The van der Waals surface area contributed by atoms with Gasteiger partial charge in [0.1, 0.15) is 10.7 Å². The molecule has 4 aromatic rings. The summed E-state index contributed by atoms with van der Waals surface area (Å²) in [5.74, 6) is -0.0527. The highest BCUT2D eigenvalue weighted by Crippen LogP contribution is 2.23. The fourth-order valence-electron chi connectivity index (χ4n) is 2.59. The van der Waals surface area contributed by atoms with Gasteiger partial charge < -0.3 is 9.73 Å². The molecule has 8 nitrogen and oxygen atoms in total. The summed E-state index contributed by atoms with van der Waals surface area (Å²) in [7, 11) is 0. The zero-order valence-electron chi connectivity index (χ0n) is 14.8. The second-order valence-corrected chi connectivity index (χ2v) is 6.90. The number of nitrogens with one attached hydrogen (secondary N) is 1. The summed E-state index contributed by atoms with van der Waals surface area (Å²) in [6.45, 7) is 1.89. The molecule has 0 unspecified atom stereocenters. The molecule has 4 rings (SSSR count). The number of hydrogen-bond acceptors (Lipinski definition) is 7. The van der Waals surface area contributed by atoms with Crippen LogP contribution >= 0.6 is 11.3 Å². The quantitative estimate of drug-likeness (QED) is 0.503. The Morgan fingerprint density at radius 1 is 1.25 bits per heavy atom. The van der Waals surface area contributed by atoms with E-state index in [0.717, 1.165) is 10.6 Å². The third kappa shape index (κ3) is 3.74. The summed E-state index contributed by atoms with van der Waals surface area (Å²) in [5, 5.41) is 9.47. The lowest BCUT2D eigenvalue weighted by Gasteiger charge is -2.02. The molecule has 0 saturated heterocycles. The Kier molecular flexibility index (Phi) is 4.81. The van der Waals surface area contributed by atoms with E-state index < -0.39 is 0 Å². The Morgan fingerprint density at radius 2 is 2.07 bits per heavy atom. The molecular weight excluding hydrogens is 378 g/mol. The third-order valence-corrected chi connectivity index (χ3v) is 4.75. The zero-order valence-corrected chi connectivity index (χ0v) is 15.6. The third-order valence-electron chi connectivity index (χ3n) is 3.92. The maximum absolute atomic E-state index is 12.6. The fraction of sp³-hybridized carbons (Fsp3) is 0.105. The average molecular weight is 393 g/mol. The lowest BCUT2D eigenvalue weighted by Crippen LogP contribution is -2.13. The number of aromatic nitrogens is 4. The Bertz CT molecular complexity index is 1130. The minimum Gasteiger partial charge on any atom is -0.443 e. The molecule has 1 amide bonds. The Balaban J connectivity index is 1.46. The van der Waals surface area contributed by atoms with Crippen molar-refractivity contribution in [2.75, 3.05) is 5.32 Å². The maximum atomic E-state index is 12.6. The zero-order chi connectivity index (χ0) is 19.5. The van der Waals surface area contributed by atoms with Crippen molar-refractivity contribution in [3.05, 3.63) is 70.9 Å². The van der Waals surface area contributed by atoms with Crippen molar-refractivity contribution in [1.29, 1.82) is 0 Å². The standard InChI is InChI=1S/C19H15N5O3S/c1-12(25)15-10-28-16(23-15)9-24-8-14(7-21-24)22-19(26)17-18(27-11-20-17)13-5-3-2-4-6-13/h2-8,10-11H,9H2,1H3,(H,22,26). The average Bonchev–Trinajstić information content (AvgIpc) is 3.43. The largest absolute Gasteiger partial charge is 0.443 e. The van der Waals surface area contributed by atoms with Gasteiger partial charge in [0.2, 0.25) is 0 Å². The molecule has 3 heterocycles. The molecule has 1 aromatic carbocycles. The second-order valence-electron chi connectivity index (χ2n) is 5.96. The van der Waals surface area contributed by atoms with E-state index in [1.807, 2.05) is 30.3 Å². The highest BCUT2D eigenvalue weighted by Gasteiger charge is 2.19. The van der Waals surface area contributed by atoms with E-state index in [0.29, 0.717) is 23.7 Å². The van der Waals surface area contributed by atoms with Crippen LogP contribution in [0.3, 0.4) is 0 Å². The van der Waals surface area contributed by atoms with Crippen molar-refractivity contribution in [3.8, 4) is 11.3 Å². The fourth-order valence-corrected chi connectivity index (χ4v) is 3.42. The number of Topliss-reactive ketones (excluding diaryl/α,β-unsaturated/α-hetero) is 1. The van der Waals surface area contributed by atoms with Crippen LogP contribution in [0.15, 0.2) is 58.9 Å². The van der Waals surface area contributed by atoms with Gasteiger partial charge in [-0.05, 0) is 0 Å². The van der Waals surface area contributed by atoms with Gasteiger partial charge in [-0.15, -0.1) is 11.3 Å². The number of anilines is 1.